The van der Waals surface area contributed by atoms with E-state index in [9.17, 15) is 4.79 Å². The molecule has 5 heteroatoms. The molecule has 0 spiro atoms. The van der Waals surface area contributed by atoms with Crippen molar-refractivity contribution in [2.75, 3.05) is 0 Å². The zero-order valence-corrected chi connectivity index (χ0v) is 9.47. The lowest BCUT2D eigenvalue weighted by Crippen LogP contribution is -2.26. The molecule has 0 radical (unpaired) electrons. The minimum Gasteiger partial charge on any atom is -0.443 e. The van der Waals surface area contributed by atoms with E-state index in [2.05, 4.69) is 9.97 Å². The SMILES string of the molecule is CC(C)(C)OC(=O)n1cc2cncnc2c1. The van der Waals surface area contributed by atoms with Crippen LogP contribution in [0.1, 0.15) is 20.8 Å². The highest BCUT2D eigenvalue weighted by molar-refractivity contribution is 5.83. The Hall–Kier alpha value is -1.91. The summed E-state index contributed by atoms with van der Waals surface area (Å²) >= 11 is 0. The standard InChI is InChI=1S/C11H13N3O2/c1-11(2,3)16-10(15)14-5-8-4-12-7-13-9(8)6-14/h4-7H,1-3H3. The Bertz CT molecular complexity index is 492. The van der Waals surface area contributed by atoms with E-state index in [0.717, 1.165) is 10.9 Å². The van der Waals surface area contributed by atoms with Gasteiger partial charge >= 0.3 is 6.09 Å². The van der Waals surface area contributed by atoms with E-state index < -0.39 is 11.7 Å². The highest BCUT2D eigenvalue weighted by atomic mass is 16.6. The van der Waals surface area contributed by atoms with Crippen LogP contribution in [0.4, 0.5) is 4.79 Å². The molecule has 84 valence electrons. The molecule has 0 N–H and O–H groups in total. The number of carbonyl (C=O) groups is 1. The average Bonchev–Trinajstić information content (AvgIpc) is 2.58. The summed E-state index contributed by atoms with van der Waals surface area (Å²) in [4.78, 5) is 19.6. The molecule has 16 heavy (non-hydrogen) atoms. The van der Waals surface area contributed by atoms with Gasteiger partial charge in [-0.2, -0.15) is 0 Å². The van der Waals surface area contributed by atoms with Crippen molar-refractivity contribution < 1.29 is 9.53 Å². The smallest absolute Gasteiger partial charge is 0.418 e. The molecular formula is C11H13N3O2. The van der Waals surface area contributed by atoms with Gasteiger partial charge in [-0.1, -0.05) is 0 Å². The maximum atomic E-state index is 11.7. The fourth-order valence-corrected chi connectivity index (χ4v) is 1.30. The molecule has 0 aromatic carbocycles. The van der Waals surface area contributed by atoms with Gasteiger partial charge in [0.15, 0.2) is 0 Å². The van der Waals surface area contributed by atoms with Gasteiger partial charge in [-0.05, 0) is 20.8 Å². The Balaban J connectivity index is 2.30. The lowest BCUT2D eigenvalue weighted by molar-refractivity contribution is 0.0538. The molecule has 2 aromatic rings. The van der Waals surface area contributed by atoms with Crippen LogP contribution in [0.15, 0.2) is 24.9 Å². The summed E-state index contributed by atoms with van der Waals surface area (Å²) in [5, 5.41) is 0.813. The average molecular weight is 219 g/mol. The molecule has 0 bridgehead atoms. The number of hydrogen-bond donors (Lipinski definition) is 0. The second-order valence-corrected chi connectivity index (χ2v) is 4.51. The highest BCUT2D eigenvalue weighted by Gasteiger charge is 2.17. The van der Waals surface area contributed by atoms with E-state index in [1.54, 1.807) is 18.6 Å². The number of hydrogen-bond acceptors (Lipinski definition) is 4. The zero-order chi connectivity index (χ0) is 11.8. The molecule has 2 rings (SSSR count). The maximum Gasteiger partial charge on any atom is 0.418 e. The molecule has 0 fully saturated rings. The van der Waals surface area contributed by atoms with Crippen LogP contribution < -0.4 is 0 Å². The van der Waals surface area contributed by atoms with Crippen LogP contribution in [-0.2, 0) is 4.74 Å². The van der Waals surface area contributed by atoms with E-state index >= 15 is 0 Å². The normalized spacial score (nSPS) is 11.7. The second kappa shape index (κ2) is 3.59. The van der Waals surface area contributed by atoms with Crippen molar-refractivity contribution in [2.45, 2.75) is 26.4 Å². The highest BCUT2D eigenvalue weighted by Crippen LogP contribution is 2.13. The number of fused-ring (bicyclic) bond motifs is 1. The summed E-state index contributed by atoms with van der Waals surface area (Å²) in [6, 6.07) is 0. The Labute approximate surface area is 93.1 Å². The van der Waals surface area contributed by atoms with Crippen LogP contribution in [0.5, 0.6) is 0 Å². The first-order valence-corrected chi connectivity index (χ1v) is 4.97. The van der Waals surface area contributed by atoms with Gasteiger partial charge in [0, 0.05) is 24.0 Å². The molecule has 0 aliphatic rings. The predicted molar refractivity (Wildman–Crippen MR) is 59.2 cm³/mol. The predicted octanol–water partition coefficient (Wildman–Crippen LogP) is 2.21. The summed E-state index contributed by atoms with van der Waals surface area (Å²) in [7, 11) is 0. The maximum absolute atomic E-state index is 11.7. The topological polar surface area (TPSA) is 57.0 Å². The first-order chi connectivity index (χ1) is 7.46. The molecule has 0 amide bonds. The Morgan fingerprint density at radius 1 is 1.38 bits per heavy atom. The Morgan fingerprint density at radius 2 is 2.12 bits per heavy atom. The van der Waals surface area contributed by atoms with Crippen molar-refractivity contribution in [1.82, 2.24) is 14.5 Å². The van der Waals surface area contributed by atoms with Crippen molar-refractivity contribution in [3.63, 3.8) is 0 Å². The first kappa shape index (κ1) is 10.6. The van der Waals surface area contributed by atoms with Crippen LogP contribution in [0.3, 0.4) is 0 Å². The van der Waals surface area contributed by atoms with Crippen molar-refractivity contribution in [3.05, 3.63) is 24.9 Å². The molecule has 0 unspecified atom stereocenters. The van der Waals surface area contributed by atoms with E-state index in [0.29, 0.717) is 0 Å². The van der Waals surface area contributed by atoms with Gasteiger partial charge in [-0.25, -0.2) is 14.8 Å². The third-order valence-corrected chi connectivity index (χ3v) is 1.92. The van der Waals surface area contributed by atoms with E-state index in [1.165, 1.54) is 10.9 Å². The molecule has 2 heterocycles. The molecule has 5 nitrogen and oxygen atoms in total. The quantitative estimate of drug-likeness (QED) is 0.681. The van der Waals surface area contributed by atoms with Crippen molar-refractivity contribution >= 4 is 17.0 Å². The molecule has 0 aliphatic carbocycles. The fraction of sp³-hybridized carbons (Fsp3) is 0.364. The minimum atomic E-state index is -0.501. The summed E-state index contributed by atoms with van der Waals surface area (Å²) in [6.45, 7) is 5.48. The van der Waals surface area contributed by atoms with Crippen LogP contribution in [-0.4, -0.2) is 26.2 Å². The Morgan fingerprint density at radius 3 is 2.75 bits per heavy atom. The second-order valence-electron chi connectivity index (χ2n) is 4.51. The van der Waals surface area contributed by atoms with Gasteiger partial charge in [0.25, 0.3) is 0 Å². The summed E-state index contributed by atoms with van der Waals surface area (Å²) < 4.78 is 6.61. The van der Waals surface area contributed by atoms with Crippen molar-refractivity contribution in [1.29, 1.82) is 0 Å². The first-order valence-electron chi connectivity index (χ1n) is 4.97. The number of rotatable bonds is 0. The van der Waals surface area contributed by atoms with Gasteiger partial charge < -0.3 is 4.74 Å². The summed E-state index contributed by atoms with van der Waals surface area (Å²) in [5.41, 5.74) is 0.222. The van der Waals surface area contributed by atoms with Crippen LogP contribution >= 0.6 is 0 Å². The Kier molecular flexibility index (Phi) is 2.38. The van der Waals surface area contributed by atoms with Gasteiger partial charge in [0.05, 0.1) is 5.52 Å². The van der Waals surface area contributed by atoms with Crippen LogP contribution in [0.2, 0.25) is 0 Å². The summed E-state index contributed by atoms with van der Waals surface area (Å²) in [6.07, 6.45) is 5.98. The van der Waals surface area contributed by atoms with Crippen molar-refractivity contribution in [3.8, 4) is 0 Å². The molecule has 0 saturated heterocycles. The van der Waals surface area contributed by atoms with E-state index in [-0.39, 0.29) is 0 Å². The van der Waals surface area contributed by atoms with E-state index in [4.69, 9.17) is 4.74 Å². The molecule has 0 atom stereocenters. The third-order valence-electron chi connectivity index (χ3n) is 1.92. The zero-order valence-electron chi connectivity index (χ0n) is 9.47. The lowest BCUT2D eigenvalue weighted by atomic mass is 10.2. The van der Waals surface area contributed by atoms with Crippen LogP contribution in [0.25, 0.3) is 10.9 Å². The summed E-state index contributed by atoms with van der Waals surface area (Å²) in [5.74, 6) is 0. The largest absolute Gasteiger partial charge is 0.443 e. The minimum absolute atomic E-state index is 0.412. The van der Waals surface area contributed by atoms with Crippen LogP contribution in [0, 0.1) is 0 Å². The number of nitrogens with zero attached hydrogens (tertiary/aromatic N) is 3. The van der Waals surface area contributed by atoms with Gasteiger partial charge in [0.2, 0.25) is 0 Å². The molecular weight excluding hydrogens is 206 g/mol. The lowest BCUT2D eigenvalue weighted by Gasteiger charge is -2.19. The van der Waals surface area contributed by atoms with Gasteiger partial charge in [-0.3, -0.25) is 4.57 Å². The number of aromatic nitrogens is 3. The third kappa shape index (κ3) is 2.18. The van der Waals surface area contributed by atoms with Gasteiger partial charge in [-0.15, -0.1) is 0 Å². The number of carbonyl (C=O) groups excluding carboxylic acids is 1. The van der Waals surface area contributed by atoms with E-state index in [1.807, 2.05) is 20.8 Å². The van der Waals surface area contributed by atoms with Gasteiger partial charge in [0.1, 0.15) is 11.9 Å². The molecule has 0 aliphatic heterocycles. The molecule has 2 aromatic heterocycles. The van der Waals surface area contributed by atoms with Crippen molar-refractivity contribution in [2.24, 2.45) is 0 Å². The number of ether oxygens (including phenoxy) is 1. The molecule has 0 saturated carbocycles. The monoisotopic (exact) mass is 219 g/mol. The fourth-order valence-electron chi connectivity index (χ4n) is 1.30.